The molecule has 4 bridgehead atoms. The van der Waals surface area contributed by atoms with Gasteiger partial charge in [-0.15, -0.1) is 0 Å². The highest BCUT2D eigenvalue weighted by Gasteiger charge is 2.50. The maximum Gasteiger partial charge on any atom is 0.0255 e. The van der Waals surface area contributed by atoms with E-state index in [4.69, 9.17) is 0 Å². The van der Waals surface area contributed by atoms with Crippen LogP contribution in [0.5, 0.6) is 0 Å². The number of nitrogens with one attached hydrogen (secondary N) is 1. The summed E-state index contributed by atoms with van der Waals surface area (Å²) < 4.78 is 0. The fraction of sp³-hybridized carbons (Fsp3) is 0.684. The van der Waals surface area contributed by atoms with Gasteiger partial charge in [-0.2, -0.15) is 0 Å². The summed E-state index contributed by atoms with van der Waals surface area (Å²) in [6, 6.07) is 0.828. The van der Waals surface area contributed by atoms with E-state index >= 15 is 0 Å². The van der Waals surface area contributed by atoms with E-state index < -0.39 is 0 Å². The van der Waals surface area contributed by atoms with Gasteiger partial charge < -0.3 is 5.32 Å². The minimum atomic E-state index is 0.684. The molecule has 6 rings (SSSR count). The van der Waals surface area contributed by atoms with Crippen LogP contribution in [0.15, 0.2) is 35.2 Å². The SMILES string of the molecule is CCC1C[C@H]2CC3C4=C(CCN(C2)C13)C1CC=CC=C1N4. The van der Waals surface area contributed by atoms with Crippen LogP contribution in [0.3, 0.4) is 0 Å². The van der Waals surface area contributed by atoms with E-state index in [-0.39, 0.29) is 0 Å². The largest absolute Gasteiger partial charge is 0.361 e. The van der Waals surface area contributed by atoms with Gasteiger partial charge >= 0.3 is 0 Å². The summed E-state index contributed by atoms with van der Waals surface area (Å²) in [5.74, 6) is 3.37. The molecule has 2 saturated heterocycles. The molecule has 3 fully saturated rings. The number of nitrogens with zero attached hydrogens (tertiary/aromatic N) is 1. The molecule has 112 valence electrons. The van der Waals surface area contributed by atoms with Crippen molar-refractivity contribution in [3.05, 3.63) is 35.2 Å². The second-order valence-electron chi connectivity index (χ2n) is 7.75. The van der Waals surface area contributed by atoms with Gasteiger partial charge in [-0.25, -0.2) is 0 Å². The first-order valence-corrected chi connectivity index (χ1v) is 8.96. The lowest BCUT2D eigenvalue weighted by Crippen LogP contribution is -2.58. The molecule has 0 amide bonds. The Kier molecular flexibility index (Phi) is 2.67. The Morgan fingerprint density at radius 2 is 2.29 bits per heavy atom. The number of fused-ring (bicyclic) bond motifs is 3. The Morgan fingerprint density at radius 3 is 3.19 bits per heavy atom. The van der Waals surface area contributed by atoms with E-state index in [2.05, 4.69) is 35.4 Å². The van der Waals surface area contributed by atoms with Gasteiger partial charge in [0.25, 0.3) is 0 Å². The van der Waals surface area contributed by atoms with Crippen LogP contribution in [0, 0.1) is 23.7 Å². The van der Waals surface area contributed by atoms with Crippen molar-refractivity contribution in [1.29, 1.82) is 0 Å². The Hall–Kier alpha value is -1.02. The van der Waals surface area contributed by atoms with Crippen LogP contribution in [-0.4, -0.2) is 24.0 Å². The molecule has 2 aliphatic carbocycles. The van der Waals surface area contributed by atoms with Crippen LogP contribution in [0.1, 0.15) is 39.0 Å². The zero-order chi connectivity index (χ0) is 14.0. The molecular weight excluding hydrogens is 256 g/mol. The van der Waals surface area contributed by atoms with Crippen molar-refractivity contribution in [2.24, 2.45) is 23.7 Å². The highest BCUT2D eigenvalue weighted by Crippen LogP contribution is 2.51. The lowest BCUT2D eigenvalue weighted by molar-refractivity contribution is -0.0282. The molecule has 6 atom stereocenters. The van der Waals surface area contributed by atoms with Crippen molar-refractivity contribution in [2.45, 2.75) is 45.1 Å². The van der Waals surface area contributed by atoms with Gasteiger partial charge in [0.05, 0.1) is 0 Å². The topological polar surface area (TPSA) is 15.3 Å². The molecule has 6 aliphatic rings. The molecule has 1 N–H and O–H groups in total. The van der Waals surface area contributed by atoms with Crippen LogP contribution >= 0.6 is 0 Å². The number of piperidine rings is 2. The Labute approximate surface area is 128 Å². The summed E-state index contributed by atoms with van der Waals surface area (Å²) >= 11 is 0. The Bertz CT molecular complexity index is 556. The van der Waals surface area contributed by atoms with Gasteiger partial charge in [0, 0.05) is 42.4 Å². The monoisotopic (exact) mass is 282 g/mol. The lowest BCUT2D eigenvalue weighted by atomic mass is 9.65. The van der Waals surface area contributed by atoms with Crippen molar-refractivity contribution in [1.82, 2.24) is 10.2 Å². The van der Waals surface area contributed by atoms with E-state index in [9.17, 15) is 0 Å². The zero-order valence-electron chi connectivity index (χ0n) is 13.0. The van der Waals surface area contributed by atoms with Crippen LogP contribution < -0.4 is 5.32 Å². The molecule has 2 nitrogen and oxygen atoms in total. The van der Waals surface area contributed by atoms with Crippen molar-refractivity contribution in [3.63, 3.8) is 0 Å². The molecule has 0 aromatic rings. The van der Waals surface area contributed by atoms with Crippen molar-refractivity contribution in [2.75, 3.05) is 13.1 Å². The third-order valence-corrected chi connectivity index (χ3v) is 6.80. The summed E-state index contributed by atoms with van der Waals surface area (Å²) in [6.07, 6.45) is 13.7. The maximum atomic E-state index is 3.88. The molecule has 2 heteroatoms. The summed E-state index contributed by atoms with van der Waals surface area (Å²) in [6.45, 7) is 5.09. The number of rotatable bonds is 1. The normalized spacial score (nSPS) is 46.6. The molecule has 0 radical (unpaired) electrons. The van der Waals surface area contributed by atoms with Gasteiger partial charge in [0.2, 0.25) is 0 Å². The molecule has 4 heterocycles. The van der Waals surface area contributed by atoms with Gasteiger partial charge in [-0.3, -0.25) is 4.90 Å². The third-order valence-electron chi connectivity index (χ3n) is 6.80. The molecule has 21 heavy (non-hydrogen) atoms. The molecular formula is C19H26N2. The molecule has 4 aliphatic heterocycles. The van der Waals surface area contributed by atoms with Crippen LogP contribution in [0.2, 0.25) is 0 Å². The van der Waals surface area contributed by atoms with E-state index in [0.29, 0.717) is 5.92 Å². The minimum absolute atomic E-state index is 0.684. The average molecular weight is 282 g/mol. The third kappa shape index (κ3) is 1.69. The summed E-state index contributed by atoms with van der Waals surface area (Å²) in [7, 11) is 0. The molecule has 0 aromatic carbocycles. The summed E-state index contributed by atoms with van der Waals surface area (Å²) in [5.41, 5.74) is 4.91. The highest BCUT2D eigenvalue weighted by atomic mass is 15.2. The first-order chi connectivity index (χ1) is 10.3. The van der Waals surface area contributed by atoms with Gasteiger partial charge in [0.1, 0.15) is 0 Å². The van der Waals surface area contributed by atoms with Gasteiger partial charge in [0.15, 0.2) is 0 Å². The van der Waals surface area contributed by atoms with Gasteiger partial charge in [-0.05, 0) is 49.2 Å². The first kappa shape index (κ1) is 12.5. The van der Waals surface area contributed by atoms with Crippen molar-refractivity contribution < 1.29 is 0 Å². The number of hydrogen-bond donors (Lipinski definition) is 1. The second-order valence-corrected chi connectivity index (χ2v) is 7.75. The predicted molar refractivity (Wildman–Crippen MR) is 85.5 cm³/mol. The van der Waals surface area contributed by atoms with E-state index in [1.54, 1.807) is 11.3 Å². The van der Waals surface area contributed by atoms with E-state index in [1.165, 1.54) is 50.9 Å². The zero-order valence-corrected chi connectivity index (χ0v) is 13.0. The van der Waals surface area contributed by atoms with Crippen LogP contribution in [0.4, 0.5) is 0 Å². The van der Waals surface area contributed by atoms with Crippen LogP contribution in [-0.2, 0) is 0 Å². The van der Waals surface area contributed by atoms with Crippen LogP contribution in [0.25, 0.3) is 0 Å². The van der Waals surface area contributed by atoms with Crippen molar-refractivity contribution >= 4 is 0 Å². The first-order valence-electron chi connectivity index (χ1n) is 8.96. The van der Waals surface area contributed by atoms with E-state index in [1.807, 2.05) is 0 Å². The average Bonchev–Trinajstić information content (AvgIpc) is 2.86. The number of hydrogen-bond acceptors (Lipinski definition) is 2. The van der Waals surface area contributed by atoms with Gasteiger partial charge in [-0.1, -0.05) is 25.5 Å². The molecule has 5 unspecified atom stereocenters. The fourth-order valence-corrected chi connectivity index (χ4v) is 6.00. The molecule has 0 spiro atoms. The molecule has 0 aromatic heterocycles. The summed E-state index contributed by atoms with van der Waals surface area (Å²) in [4.78, 5) is 2.86. The summed E-state index contributed by atoms with van der Waals surface area (Å²) in [5, 5.41) is 3.88. The van der Waals surface area contributed by atoms with Crippen molar-refractivity contribution in [3.8, 4) is 0 Å². The second kappa shape index (κ2) is 4.49. The fourth-order valence-electron chi connectivity index (χ4n) is 6.00. The maximum absolute atomic E-state index is 3.88. The smallest absolute Gasteiger partial charge is 0.0255 e. The predicted octanol–water partition coefficient (Wildman–Crippen LogP) is 3.44. The van der Waals surface area contributed by atoms with E-state index in [0.717, 1.165) is 23.8 Å². The molecule has 1 saturated carbocycles. The Morgan fingerprint density at radius 1 is 1.33 bits per heavy atom. The lowest BCUT2D eigenvalue weighted by Gasteiger charge is -2.53. The highest BCUT2D eigenvalue weighted by molar-refractivity contribution is 5.42. The number of allylic oxidation sites excluding steroid dienone is 4. The quantitative estimate of drug-likeness (QED) is 0.792. The standard InChI is InChI=1S/C19H26N2/c1-2-13-9-12-10-16-18-15(7-8-21(11-12)19(13)16)14-5-3-4-6-17(14)20-18/h3-4,6,12-14,16,19-20H,2,5,7-11H2,1H3/t12-,13?,14?,16?,19?/m0/s1. The minimum Gasteiger partial charge on any atom is -0.361 e. The Balaban J connectivity index is 1.56.